The Kier molecular flexibility index (Phi) is 4.54. The van der Waals surface area contributed by atoms with Gasteiger partial charge in [0.15, 0.2) is 0 Å². The number of aliphatic hydroxyl groups excluding tert-OH is 1. The molecule has 0 aliphatic carbocycles. The molecule has 15 heavy (non-hydrogen) atoms. The standard InChI is InChI=1S/C11H22N2O2/c1-11(2,8-14)7-13-10(15)9-4-3-5-12-6-9/h9,12,14H,3-8H2,1-2H3,(H,13,15)/t9-/m1/s1. The smallest absolute Gasteiger partial charge is 0.224 e. The molecule has 0 aromatic carbocycles. The van der Waals surface area contributed by atoms with Gasteiger partial charge in [-0.2, -0.15) is 0 Å². The number of carbonyl (C=O) groups is 1. The highest BCUT2D eigenvalue weighted by Crippen LogP contribution is 2.13. The molecule has 1 saturated heterocycles. The van der Waals surface area contributed by atoms with Gasteiger partial charge in [-0.25, -0.2) is 0 Å². The van der Waals surface area contributed by atoms with E-state index in [0.717, 1.165) is 25.9 Å². The van der Waals surface area contributed by atoms with Crippen molar-refractivity contribution in [1.82, 2.24) is 10.6 Å². The molecule has 0 unspecified atom stereocenters. The first-order chi connectivity index (χ1) is 7.05. The molecule has 0 spiro atoms. The third kappa shape index (κ3) is 4.18. The van der Waals surface area contributed by atoms with Crippen molar-refractivity contribution in [2.75, 3.05) is 26.2 Å². The molecule has 3 N–H and O–H groups in total. The molecule has 1 amide bonds. The lowest BCUT2D eigenvalue weighted by atomic mass is 9.93. The Labute approximate surface area is 91.4 Å². The van der Waals surface area contributed by atoms with Crippen LogP contribution < -0.4 is 10.6 Å². The van der Waals surface area contributed by atoms with Crippen LogP contribution in [-0.2, 0) is 4.79 Å². The average Bonchev–Trinajstić information content (AvgIpc) is 2.27. The number of hydrogen-bond acceptors (Lipinski definition) is 3. The van der Waals surface area contributed by atoms with E-state index >= 15 is 0 Å². The SMILES string of the molecule is CC(C)(CO)CNC(=O)[C@@H]1CCCNC1. The van der Waals surface area contributed by atoms with Crippen LogP contribution in [0.25, 0.3) is 0 Å². The van der Waals surface area contributed by atoms with Crippen LogP contribution in [0, 0.1) is 11.3 Å². The van der Waals surface area contributed by atoms with Crippen LogP contribution in [0.3, 0.4) is 0 Å². The maximum atomic E-state index is 11.7. The minimum Gasteiger partial charge on any atom is -0.396 e. The highest BCUT2D eigenvalue weighted by molar-refractivity contribution is 5.79. The molecule has 0 saturated carbocycles. The van der Waals surface area contributed by atoms with Gasteiger partial charge in [-0.15, -0.1) is 0 Å². The Hall–Kier alpha value is -0.610. The van der Waals surface area contributed by atoms with Gasteiger partial charge in [0.25, 0.3) is 0 Å². The Bertz CT molecular complexity index is 211. The fourth-order valence-corrected chi connectivity index (χ4v) is 1.60. The van der Waals surface area contributed by atoms with Crippen molar-refractivity contribution in [2.45, 2.75) is 26.7 Å². The van der Waals surface area contributed by atoms with Crippen molar-refractivity contribution in [3.05, 3.63) is 0 Å². The summed E-state index contributed by atoms with van der Waals surface area (Å²) in [5.74, 6) is 0.219. The van der Waals surface area contributed by atoms with E-state index < -0.39 is 0 Å². The van der Waals surface area contributed by atoms with Crippen molar-refractivity contribution in [1.29, 1.82) is 0 Å². The molecule has 88 valence electrons. The van der Waals surface area contributed by atoms with Crippen molar-refractivity contribution in [3.8, 4) is 0 Å². The second kappa shape index (κ2) is 5.47. The zero-order valence-electron chi connectivity index (χ0n) is 9.68. The van der Waals surface area contributed by atoms with Crippen LogP contribution in [0.2, 0.25) is 0 Å². The quantitative estimate of drug-likeness (QED) is 0.623. The van der Waals surface area contributed by atoms with Crippen molar-refractivity contribution in [2.24, 2.45) is 11.3 Å². The fourth-order valence-electron chi connectivity index (χ4n) is 1.60. The van der Waals surface area contributed by atoms with Gasteiger partial charge in [0.2, 0.25) is 5.91 Å². The van der Waals surface area contributed by atoms with Crippen LogP contribution in [0.4, 0.5) is 0 Å². The van der Waals surface area contributed by atoms with Crippen LogP contribution in [0.5, 0.6) is 0 Å². The Balaban J connectivity index is 2.28. The van der Waals surface area contributed by atoms with Gasteiger partial charge in [-0.05, 0) is 19.4 Å². The van der Waals surface area contributed by atoms with E-state index in [1.807, 2.05) is 13.8 Å². The lowest BCUT2D eigenvalue weighted by molar-refractivity contribution is -0.126. The number of aliphatic hydroxyl groups is 1. The second-order valence-electron chi connectivity index (χ2n) is 5.08. The van der Waals surface area contributed by atoms with Gasteiger partial charge in [-0.3, -0.25) is 4.79 Å². The third-order valence-electron chi connectivity index (χ3n) is 2.84. The van der Waals surface area contributed by atoms with Gasteiger partial charge in [0.1, 0.15) is 0 Å². The number of rotatable bonds is 4. The molecule has 0 aromatic heterocycles. The molecule has 1 aliphatic heterocycles. The van der Waals surface area contributed by atoms with E-state index in [0.29, 0.717) is 6.54 Å². The summed E-state index contributed by atoms with van der Waals surface area (Å²) >= 11 is 0. The Morgan fingerprint density at radius 2 is 2.33 bits per heavy atom. The molecule has 4 heteroatoms. The topological polar surface area (TPSA) is 61.4 Å². The van der Waals surface area contributed by atoms with Gasteiger partial charge < -0.3 is 15.7 Å². The maximum Gasteiger partial charge on any atom is 0.224 e. The molecule has 1 rings (SSSR count). The molecular weight excluding hydrogens is 192 g/mol. The van der Waals surface area contributed by atoms with E-state index in [1.165, 1.54) is 0 Å². The van der Waals surface area contributed by atoms with Gasteiger partial charge in [0, 0.05) is 25.1 Å². The second-order valence-corrected chi connectivity index (χ2v) is 5.08. The van der Waals surface area contributed by atoms with Crippen LogP contribution in [0.15, 0.2) is 0 Å². The highest BCUT2D eigenvalue weighted by Gasteiger charge is 2.23. The lowest BCUT2D eigenvalue weighted by Crippen LogP contribution is -2.44. The van der Waals surface area contributed by atoms with Crippen LogP contribution in [0.1, 0.15) is 26.7 Å². The van der Waals surface area contributed by atoms with Crippen molar-refractivity contribution in [3.63, 3.8) is 0 Å². The molecule has 1 aliphatic rings. The number of amides is 1. The van der Waals surface area contributed by atoms with E-state index in [4.69, 9.17) is 5.11 Å². The molecule has 0 radical (unpaired) electrons. The molecular formula is C11H22N2O2. The maximum absolute atomic E-state index is 11.7. The van der Waals surface area contributed by atoms with E-state index in [2.05, 4.69) is 10.6 Å². The predicted molar refractivity (Wildman–Crippen MR) is 59.5 cm³/mol. The molecule has 0 bridgehead atoms. The summed E-state index contributed by atoms with van der Waals surface area (Å²) in [5.41, 5.74) is -0.224. The summed E-state index contributed by atoms with van der Waals surface area (Å²) in [5, 5.41) is 15.2. The Morgan fingerprint density at radius 3 is 2.87 bits per heavy atom. The molecule has 4 nitrogen and oxygen atoms in total. The summed E-state index contributed by atoms with van der Waals surface area (Å²) in [4.78, 5) is 11.7. The zero-order chi connectivity index (χ0) is 11.3. The lowest BCUT2D eigenvalue weighted by Gasteiger charge is -2.26. The number of piperidine rings is 1. The van der Waals surface area contributed by atoms with Gasteiger partial charge in [0.05, 0.1) is 5.92 Å². The molecule has 1 fully saturated rings. The Morgan fingerprint density at radius 1 is 1.60 bits per heavy atom. The van der Waals surface area contributed by atoms with Crippen LogP contribution >= 0.6 is 0 Å². The van der Waals surface area contributed by atoms with E-state index in [-0.39, 0.29) is 23.8 Å². The van der Waals surface area contributed by atoms with Crippen molar-refractivity contribution >= 4 is 5.91 Å². The zero-order valence-corrected chi connectivity index (χ0v) is 9.68. The molecule has 1 heterocycles. The fraction of sp³-hybridized carbons (Fsp3) is 0.909. The minimum absolute atomic E-state index is 0.0934. The molecule has 1 atom stereocenters. The number of hydrogen-bond donors (Lipinski definition) is 3. The summed E-state index contributed by atoms with van der Waals surface area (Å²) in [6, 6.07) is 0. The average molecular weight is 214 g/mol. The first kappa shape index (κ1) is 12.5. The first-order valence-corrected chi connectivity index (χ1v) is 5.64. The number of carbonyl (C=O) groups excluding carboxylic acids is 1. The minimum atomic E-state index is -0.224. The van der Waals surface area contributed by atoms with E-state index in [1.54, 1.807) is 0 Å². The largest absolute Gasteiger partial charge is 0.396 e. The summed E-state index contributed by atoms with van der Waals surface area (Å²) in [6.07, 6.45) is 2.04. The highest BCUT2D eigenvalue weighted by atomic mass is 16.3. The molecule has 0 aromatic rings. The third-order valence-corrected chi connectivity index (χ3v) is 2.84. The number of nitrogens with one attached hydrogen (secondary N) is 2. The summed E-state index contributed by atoms with van der Waals surface area (Å²) in [6.45, 7) is 6.31. The van der Waals surface area contributed by atoms with Crippen molar-refractivity contribution < 1.29 is 9.90 Å². The first-order valence-electron chi connectivity index (χ1n) is 5.64. The normalized spacial score (nSPS) is 22.5. The van der Waals surface area contributed by atoms with E-state index in [9.17, 15) is 4.79 Å². The summed E-state index contributed by atoms with van der Waals surface area (Å²) < 4.78 is 0. The summed E-state index contributed by atoms with van der Waals surface area (Å²) in [7, 11) is 0. The van der Waals surface area contributed by atoms with Crippen LogP contribution in [-0.4, -0.2) is 37.3 Å². The van der Waals surface area contributed by atoms with Gasteiger partial charge in [-0.1, -0.05) is 13.8 Å². The predicted octanol–water partition coefficient (Wildman–Crippen LogP) is 0.121. The monoisotopic (exact) mass is 214 g/mol. The van der Waals surface area contributed by atoms with Gasteiger partial charge >= 0.3 is 0 Å².